The Hall–Kier alpha value is -1.31. The van der Waals surface area contributed by atoms with Crippen LogP contribution in [-0.4, -0.2) is 12.1 Å². The normalized spacial score (nSPS) is 29.8. The summed E-state index contributed by atoms with van der Waals surface area (Å²) in [4.78, 5) is 11.3. The molecule has 0 radical (unpaired) electrons. The van der Waals surface area contributed by atoms with Gasteiger partial charge in [-0.25, -0.2) is 4.79 Å². The fourth-order valence-electron chi connectivity index (χ4n) is 1.56. The Morgan fingerprint density at radius 3 is 2.75 bits per heavy atom. The van der Waals surface area contributed by atoms with Gasteiger partial charge in [0, 0.05) is 6.08 Å². The van der Waals surface area contributed by atoms with Crippen molar-refractivity contribution in [2.24, 2.45) is 0 Å². The third-order valence-corrected chi connectivity index (χ3v) is 2.44. The van der Waals surface area contributed by atoms with E-state index in [0.29, 0.717) is 0 Å². The summed E-state index contributed by atoms with van der Waals surface area (Å²) in [6.45, 7) is 1.94. The second kappa shape index (κ2) is 7.91. The zero-order valence-corrected chi connectivity index (χ0v) is 9.89. The van der Waals surface area contributed by atoms with Gasteiger partial charge in [0.1, 0.15) is 0 Å². The Morgan fingerprint density at radius 2 is 1.88 bits per heavy atom. The lowest BCUT2D eigenvalue weighted by Gasteiger charge is -2.10. The van der Waals surface area contributed by atoms with Gasteiger partial charge in [-0.05, 0) is 39.0 Å². The van der Waals surface area contributed by atoms with E-state index in [1.165, 1.54) is 6.08 Å². The summed E-state index contributed by atoms with van der Waals surface area (Å²) in [5.74, 6) is -0.246. The Labute approximate surface area is 97.7 Å². The number of hydrogen-bond acceptors (Lipinski definition) is 2. The molecule has 0 N–H and O–H groups in total. The quantitative estimate of drug-likeness (QED) is 0.461. The largest absolute Gasteiger partial charge is 0.460 e. The molecule has 0 aromatic heterocycles. The van der Waals surface area contributed by atoms with E-state index < -0.39 is 0 Å². The maximum absolute atomic E-state index is 11.3. The van der Waals surface area contributed by atoms with E-state index in [9.17, 15) is 4.79 Å². The first kappa shape index (κ1) is 12.8. The number of carbonyl (C=O) groups excluding carboxylic acids is 1. The van der Waals surface area contributed by atoms with Crippen LogP contribution in [0.15, 0.2) is 36.5 Å². The first-order chi connectivity index (χ1) is 7.79. The van der Waals surface area contributed by atoms with Crippen molar-refractivity contribution in [1.82, 2.24) is 0 Å². The Balaban J connectivity index is 2.49. The number of rotatable bonds is 0. The van der Waals surface area contributed by atoms with E-state index >= 15 is 0 Å². The van der Waals surface area contributed by atoms with Crippen molar-refractivity contribution in [3.8, 4) is 0 Å². The molecule has 1 rings (SSSR count). The molecule has 0 bridgehead atoms. The van der Waals surface area contributed by atoms with E-state index in [1.54, 1.807) is 6.08 Å². The van der Waals surface area contributed by atoms with E-state index in [1.807, 2.05) is 13.0 Å². The maximum Gasteiger partial charge on any atom is 0.331 e. The molecule has 0 saturated heterocycles. The highest BCUT2D eigenvalue weighted by Crippen LogP contribution is 2.07. The van der Waals surface area contributed by atoms with Crippen LogP contribution in [0.1, 0.15) is 39.0 Å². The van der Waals surface area contributed by atoms with E-state index in [4.69, 9.17) is 4.74 Å². The Bertz CT molecular complexity index is 287. The molecule has 1 aliphatic heterocycles. The van der Waals surface area contributed by atoms with Crippen LogP contribution in [0.2, 0.25) is 0 Å². The Morgan fingerprint density at radius 1 is 1.12 bits per heavy atom. The smallest absolute Gasteiger partial charge is 0.331 e. The molecule has 0 spiro atoms. The molecule has 0 saturated carbocycles. The monoisotopic (exact) mass is 220 g/mol. The SMILES string of the molecule is C[C@H]1CCC/C=C\CC/C=C\C=C/C(=O)O1. The molecule has 0 aromatic rings. The minimum absolute atomic E-state index is 0.0115. The molecule has 88 valence electrons. The molecule has 2 heteroatoms. The highest BCUT2D eigenvalue weighted by atomic mass is 16.5. The summed E-state index contributed by atoms with van der Waals surface area (Å²) in [5, 5.41) is 0. The highest BCUT2D eigenvalue weighted by Gasteiger charge is 2.05. The van der Waals surface area contributed by atoms with Crippen molar-refractivity contribution in [2.75, 3.05) is 0 Å². The molecule has 0 amide bonds. The minimum atomic E-state index is -0.246. The minimum Gasteiger partial charge on any atom is -0.460 e. The fourth-order valence-corrected chi connectivity index (χ4v) is 1.56. The fraction of sp³-hybridized carbons (Fsp3) is 0.500. The molecular weight excluding hydrogens is 200 g/mol. The zero-order valence-electron chi connectivity index (χ0n) is 9.89. The third-order valence-electron chi connectivity index (χ3n) is 2.44. The van der Waals surface area contributed by atoms with Crippen LogP contribution in [0.3, 0.4) is 0 Å². The second-order valence-electron chi connectivity index (χ2n) is 4.01. The lowest BCUT2D eigenvalue weighted by molar-refractivity contribution is -0.142. The molecule has 0 unspecified atom stereocenters. The van der Waals surface area contributed by atoms with Gasteiger partial charge in [-0.3, -0.25) is 0 Å². The van der Waals surface area contributed by atoms with Gasteiger partial charge >= 0.3 is 5.97 Å². The van der Waals surface area contributed by atoms with Gasteiger partial charge in [0.25, 0.3) is 0 Å². The zero-order chi connectivity index (χ0) is 11.6. The predicted molar refractivity (Wildman–Crippen MR) is 66.1 cm³/mol. The van der Waals surface area contributed by atoms with Gasteiger partial charge in [0.15, 0.2) is 0 Å². The highest BCUT2D eigenvalue weighted by molar-refractivity contribution is 5.82. The predicted octanol–water partition coefficient (Wildman–Crippen LogP) is 3.55. The van der Waals surface area contributed by atoms with Gasteiger partial charge in [-0.2, -0.15) is 0 Å². The van der Waals surface area contributed by atoms with Crippen molar-refractivity contribution in [3.05, 3.63) is 36.5 Å². The molecule has 1 atom stereocenters. The lowest BCUT2D eigenvalue weighted by Crippen LogP contribution is -2.12. The third kappa shape index (κ3) is 6.23. The summed E-state index contributed by atoms with van der Waals surface area (Å²) in [7, 11) is 0. The molecular formula is C14H20O2. The van der Waals surface area contributed by atoms with Crippen molar-refractivity contribution in [1.29, 1.82) is 0 Å². The molecule has 2 nitrogen and oxygen atoms in total. The molecule has 16 heavy (non-hydrogen) atoms. The van der Waals surface area contributed by atoms with Gasteiger partial charge in [-0.15, -0.1) is 0 Å². The molecule has 0 fully saturated rings. The topological polar surface area (TPSA) is 26.3 Å². The summed E-state index contributed by atoms with van der Waals surface area (Å²) >= 11 is 0. The van der Waals surface area contributed by atoms with Crippen LogP contribution in [0.25, 0.3) is 0 Å². The van der Waals surface area contributed by atoms with Crippen LogP contribution in [0.5, 0.6) is 0 Å². The van der Waals surface area contributed by atoms with Gasteiger partial charge in [-0.1, -0.05) is 30.4 Å². The number of allylic oxidation sites excluding steroid dienone is 5. The molecule has 0 aliphatic carbocycles. The molecule has 1 heterocycles. The number of cyclic esters (lactones) is 1. The first-order valence-electron chi connectivity index (χ1n) is 5.98. The van der Waals surface area contributed by atoms with E-state index in [2.05, 4.69) is 18.2 Å². The van der Waals surface area contributed by atoms with Crippen molar-refractivity contribution < 1.29 is 9.53 Å². The van der Waals surface area contributed by atoms with Gasteiger partial charge in [0.05, 0.1) is 6.10 Å². The first-order valence-corrected chi connectivity index (χ1v) is 5.98. The Kier molecular flexibility index (Phi) is 6.31. The average Bonchev–Trinajstić information content (AvgIpc) is 2.25. The van der Waals surface area contributed by atoms with Crippen molar-refractivity contribution in [3.63, 3.8) is 0 Å². The van der Waals surface area contributed by atoms with Crippen LogP contribution < -0.4 is 0 Å². The van der Waals surface area contributed by atoms with Crippen molar-refractivity contribution >= 4 is 5.97 Å². The van der Waals surface area contributed by atoms with Crippen LogP contribution in [-0.2, 0) is 9.53 Å². The second-order valence-corrected chi connectivity index (χ2v) is 4.01. The lowest BCUT2D eigenvalue weighted by atomic mass is 10.1. The van der Waals surface area contributed by atoms with Gasteiger partial charge in [0.2, 0.25) is 0 Å². The number of carbonyl (C=O) groups is 1. The number of esters is 1. The van der Waals surface area contributed by atoms with E-state index in [0.717, 1.165) is 32.1 Å². The van der Waals surface area contributed by atoms with Crippen LogP contribution in [0, 0.1) is 0 Å². The average molecular weight is 220 g/mol. The summed E-state index contributed by atoms with van der Waals surface area (Å²) in [6.07, 6.45) is 16.8. The molecule has 0 aromatic carbocycles. The number of ether oxygens (including phenoxy) is 1. The summed E-state index contributed by atoms with van der Waals surface area (Å²) in [5.41, 5.74) is 0. The summed E-state index contributed by atoms with van der Waals surface area (Å²) in [6, 6.07) is 0. The van der Waals surface area contributed by atoms with E-state index in [-0.39, 0.29) is 12.1 Å². The standard InChI is InChI=1S/C14H20O2/c1-13-11-9-7-5-3-2-4-6-8-10-12-14(15)16-13/h3,5-6,8,10,12-13H,2,4,7,9,11H2,1H3/b5-3-,8-6-,12-10-/t13-/m0/s1. The van der Waals surface area contributed by atoms with Crippen LogP contribution >= 0.6 is 0 Å². The summed E-state index contributed by atoms with van der Waals surface area (Å²) < 4.78 is 5.21. The molecule has 1 aliphatic rings. The maximum atomic E-state index is 11.3. The van der Waals surface area contributed by atoms with Gasteiger partial charge < -0.3 is 4.74 Å². The number of hydrogen-bond donors (Lipinski definition) is 0. The van der Waals surface area contributed by atoms with Crippen molar-refractivity contribution in [2.45, 2.75) is 45.1 Å². The van der Waals surface area contributed by atoms with Crippen LogP contribution in [0.4, 0.5) is 0 Å².